The molecule has 2 fully saturated rings. The van der Waals surface area contributed by atoms with Gasteiger partial charge in [0.05, 0.1) is 6.10 Å². The number of aliphatic hydroxyl groups is 1. The highest BCUT2D eigenvalue weighted by molar-refractivity contribution is 5.73. The molecule has 1 saturated carbocycles. The number of carbonyl (C=O) groups is 1. The third-order valence-corrected chi connectivity index (χ3v) is 5.34. The summed E-state index contributed by atoms with van der Waals surface area (Å²) in [6.07, 6.45) is 4.14. The van der Waals surface area contributed by atoms with Crippen molar-refractivity contribution in [3.05, 3.63) is 35.9 Å². The Balaban J connectivity index is 1.40. The van der Waals surface area contributed by atoms with Gasteiger partial charge in [-0.05, 0) is 50.6 Å². The second kappa shape index (κ2) is 8.68. The molecule has 5 heteroatoms. The van der Waals surface area contributed by atoms with Crippen LogP contribution in [0.1, 0.15) is 44.1 Å². The quantitative estimate of drug-likeness (QED) is 0.677. The van der Waals surface area contributed by atoms with Crippen molar-refractivity contribution in [2.45, 2.75) is 50.7 Å². The van der Waals surface area contributed by atoms with Crippen LogP contribution in [0.5, 0.6) is 0 Å². The fourth-order valence-electron chi connectivity index (χ4n) is 3.79. The summed E-state index contributed by atoms with van der Waals surface area (Å²) >= 11 is 0. The van der Waals surface area contributed by atoms with Gasteiger partial charge in [-0.15, -0.1) is 0 Å². The zero-order valence-electron chi connectivity index (χ0n) is 15.2. The lowest BCUT2D eigenvalue weighted by atomic mass is 9.93. The molecule has 3 atom stereocenters. The summed E-state index contributed by atoms with van der Waals surface area (Å²) in [6, 6.07) is 10.8. The first-order chi connectivity index (χ1) is 12.1. The smallest absolute Gasteiger partial charge is 0.314 e. The van der Waals surface area contributed by atoms with Gasteiger partial charge >= 0.3 is 6.03 Å². The fraction of sp³-hybridized carbons (Fsp3) is 0.650. The average Bonchev–Trinajstić information content (AvgIpc) is 3.35. The Bertz CT molecular complexity index is 545. The van der Waals surface area contributed by atoms with Gasteiger partial charge in [0, 0.05) is 31.6 Å². The molecule has 1 saturated heterocycles. The number of nitrogens with one attached hydrogen (secondary N) is 2. The Morgan fingerprint density at radius 2 is 2.00 bits per heavy atom. The third-order valence-electron chi connectivity index (χ3n) is 5.34. The molecule has 5 nitrogen and oxygen atoms in total. The highest BCUT2D eigenvalue weighted by atomic mass is 16.3. The van der Waals surface area contributed by atoms with E-state index in [1.807, 2.05) is 18.2 Å². The van der Waals surface area contributed by atoms with Crippen LogP contribution in [0.25, 0.3) is 0 Å². The van der Waals surface area contributed by atoms with Crippen LogP contribution in [0.15, 0.2) is 30.3 Å². The highest BCUT2D eigenvalue weighted by Gasteiger charge is 2.34. The van der Waals surface area contributed by atoms with Gasteiger partial charge in [-0.2, -0.15) is 0 Å². The Kier molecular flexibility index (Phi) is 6.32. The van der Waals surface area contributed by atoms with E-state index < -0.39 is 0 Å². The minimum atomic E-state index is -0.387. The number of amides is 2. The van der Waals surface area contributed by atoms with Crippen molar-refractivity contribution in [2.75, 3.05) is 26.2 Å². The van der Waals surface area contributed by atoms with Gasteiger partial charge in [0.15, 0.2) is 0 Å². The van der Waals surface area contributed by atoms with E-state index in [9.17, 15) is 9.90 Å². The van der Waals surface area contributed by atoms with Gasteiger partial charge in [-0.3, -0.25) is 0 Å². The first-order valence-electron chi connectivity index (χ1n) is 9.60. The molecule has 1 aliphatic heterocycles. The molecule has 138 valence electrons. The SMILES string of the molecule is CC(O)CC(CNC(=O)NCC1CCN(C2CC2)C1)c1ccccc1. The molecular formula is C20H31N3O2. The van der Waals surface area contributed by atoms with Crippen molar-refractivity contribution < 1.29 is 9.90 Å². The fourth-order valence-corrected chi connectivity index (χ4v) is 3.79. The Morgan fingerprint density at radius 1 is 1.24 bits per heavy atom. The minimum absolute atomic E-state index is 0.101. The number of aliphatic hydroxyl groups excluding tert-OH is 1. The normalized spacial score (nSPS) is 23.2. The minimum Gasteiger partial charge on any atom is -0.393 e. The summed E-state index contributed by atoms with van der Waals surface area (Å²) in [5.74, 6) is 0.706. The lowest BCUT2D eigenvalue weighted by molar-refractivity contribution is 0.173. The third kappa shape index (κ3) is 5.72. The van der Waals surface area contributed by atoms with Crippen molar-refractivity contribution in [3.8, 4) is 0 Å². The summed E-state index contributed by atoms with van der Waals surface area (Å²) in [4.78, 5) is 14.7. The van der Waals surface area contributed by atoms with Crippen molar-refractivity contribution >= 4 is 6.03 Å². The van der Waals surface area contributed by atoms with Crippen molar-refractivity contribution in [1.82, 2.24) is 15.5 Å². The maximum atomic E-state index is 12.2. The van der Waals surface area contributed by atoms with Crippen LogP contribution in [0.2, 0.25) is 0 Å². The van der Waals surface area contributed by atoms with Crippen molar-refractivity contribution in [1.29, 1.82) is 0 Å². The number of hydrogen-bond donors (Lipinski definition) is 3. The van der Waals surface area contributed by atoms with Gasteiger partial charge < -0.3 is 20.6 Å². The van der Waals surface area contributed by atoms with Crippen LogP contribution < -0.4 is 10.6 Å². The standard InChI is InChI=1S/C20H31N3O2/c1-15(24)11-18(17-5-3-2-4-6-17)13-22-20(25)21-12-16-9-10-23(14-16)19-7-8-19/h2-6,15-16,18-19,24H,7-14H2,1H3,(H2,21,22,25). The predicted molar refractivity (Wildman–Crippen MR) is 99.6 cm³/mol. The largest absolute Gasteiger partial charge is 0.393 e. The summed E-state index contributed by atoms with van der Waals surface area (Å²) in [6.45, 7) is 5.39. The van der Waals surface area contributed by atoms with Gasteiger partial charge in [0.25, 0.3) is 0 Å². The van der Waals surface area contributed by atoms with E-state index in [0.29, 0.717) is 18.9 Å². The Hall–Kier alpha value is -1.59. The second-order valence-electron chi connectivity index (χ2n) is 7.66. The highest BCUT2D eigenvalue weighted by Crippen LogP contribution is 2.31. The number of benzene rings is 1. The zero-order chi connectivity index (χ0) is 17.6. The molecule has 3 unspecified atom stereocenters. The lowest BCUT2D eigenvalue weighted by Crippen LogP contribution is -2.40. The van der Waals surface area contributed by atoms with Crippen LogP contribution in [-0.2, 0) is 0 Å². The number of hydrogen-bond acceptors (Lipinski definition) is 3. The van der Waals surface area contributed by atoms with E-state index in [1.165, 1.54) is 25.8 Å². The summed E-state index contributed by atoms with van der Waals surface area (Å²) in [5.41, 5.74) is 1.15. The van der Waals surface area contributed by atoms with E-state index in [-0.39, 0.29) is 18.1 Å². The molecule has 1 aromatic carbocycles. The molecule has 1 aromatic rings. The van der Waals surface area contributed by atoms with Gasteiger partial charge in [-0.25, -0.2) is 4.79 Å². The summed E-state index contributed by atoms with van der Waals surface area (Å²) < 4.78 is 0. The van der Waals surface area contributed by atoms with Gasteiger partial charge in [0.1, 0.15) is 0 Å². The number of carbonyl (C=O) groups excluding carboxylic acids is 1. The summed E-state index contributed by atoms with van der Waals surface area (Å²) in [5, 5.41) is 15.7. The van der Waals surface area contributed by atoms with E-state index in [4.69, 9.17) is 0 Å². The van der Waals surface area contributed by atoms with E-state index in [0.717, 1.165) is 24.7 Å². The molecular weight excluding hydrogens is 314 g/mol. The van der Waals surface area contributed by atoms with Gasteiger partial charge in [-0.1, -0.05) is 30.3 Å². The maximum Gasteiger partial charge on any atom is 0.314 e. The molecule has 3 rings (SSSR count). The Labute approximate surface area is 150 Å². The number of nitrogens with zero attached hydrogens (tertiary/aromatic N) is 1. The van der Waals surface area contributed by atoms with E-state index >= 15 is 0 Å². The van der Waals surface area contributed by atoms with Crippen molar-refractivity contribution in [3.63, 3.8) is 0 Å². The first kappa shape index (κ1) is 18.2. The first-order valence-corrected chi connectivity index (χ1v) is 9.60. The van der Waals surface area contributed by atoms with Crippen LogP contribution in [0.3, 0.4) is 0 Å². The van der Waals surface area contributed by atoms with E-state index in [2.05, 4.69) is 27.7 Å². The molecule has 25 heavy (non-hydrogen) atoms. The van der Waals surface area contributed by atoms with Crippen LogP contribution in [0, 0.1) is 5.92 Å². The number of urea groups is 1. The molecule has 2 aliphatic rings. The zero-order valence-corrected chi connectivity index (χ0v) is 15.2. The maximum absolute atomic E-state index is 12.2. The van der Waals surface area contributed by atoms with Crippen LogP contribution in [0.4, 0.5) is 4.79 Å². The topological polar surface area (TPSA) is 64.6 Å². The molecule has 2 amide bonds. The average molecular weight is 345 g/mol. The Morgan fingerprint density at radius 3 is 2.68 bits per heavy atom. The summed E-state index contributed by atoms with van der Waals surface area (Å²) in [7, 11) is 0. The number of rotatable bonds is 8. The molecule has 0 aromatic heterocycles. The molecule has 1 heterocycles. The molecule has 0 radical (unpaired) electrons. The van der Waals surface area contributed by atoms with Crippen molar-refractivity contribution in [2.24, 2.45) is 5.92 Å². The van der Waals surface area contributed by atoms with E-state index in [1.54, 1.807) is 6.92 Å². The molecule has 0 bridgehead atoms. The number of likely N-dealkylation sites (tertiary alicyclic amines) is 1. The van der Waals surface area contributed by atoms with Crippen LogP contribution >= 0.6 is 0 Å². The second-order valence-corrected chi connectivity index (χ2v) is 7.66. The van der Waals surface area contributed by atoms with Crippen LogP contribution in [-0.4, -0.2) is 54.4 Å². The molecule has 1 aliphatic carbocycles. The predicted octanol–water partition coefficient (Wildman–Crippen LogP) is 2.32. The molecule has 3 N–H and O–H groups in total. The molecule has 0 spiro atoms. The lowest BCUT2D eigenvalue weighted by Gasteiger charge is -2.20. The monoisotopic (exact) mass is 345 g/mol. The van der Waals surface area contributed by atoms with Gasteiger partial charge in [0.2, 0.25) is 0 Å².